The molecule has 0 aliphatic carbocycles. The quantitative estimate of drug-likeness (QED) is 0.0755. The lowest BCUT2D eigenvalue weighted by atomic mass is 10.0. The Bertz CT molecular complexity index is 2000. The molecule has 3 aliphatic heterocycles. The van der Waals surface area contributed by atoms with Crippen LogP contribution in [0.2, 0.25) is 0 Å². The molecular formula is C40H52N10O5. The van der Waals surface area contributed by atoms with Gasteiger partial charge in [-0.3, -0.25) is 14.6 Å². The molecule has 1 aromatic carbocycles. The summed E-state index contributed by atoms with van der Waals surface area (Å²) in [4.78, 5) is 66.7. The van der Waals surface area contributed by atoms with E-state index in [2.05, 4.69) is 59.8 Å². The standard InChI is InChI=1S/C40H52N10O5/c1-7-41-31(22(2)3)38(51)49-18-8-10-28(49)36-43-20-27(46-36)24-12-14-25(15-13-24)34-35(55-34)33-26(16-17-42-33)45-30-21-44-37(47-30)29-11-9-19-50(29)39(52)32(23(4)5)48-40(53)54-6/h7,12-17,20-23,28-29,31-32,34-35,42,45H,8-11,18-19H2,1-6H3,(H,43,46)(H,44,47)(H,48,53). The molecule has 0 spiro atoms. The number of epoxide rings is 1. The van der Waals surface area contributed by atoms with Crippen molar-refractivity contribution in [3.05, 3.63) is 71.8 Å². The summed E-state index contributed by atoms with van der Waals surface area (Å²) in [6.07, 6.45) is 9.70. The molecule has 292 valence electrons. The number of benzene rings is 1. The minimum absolute atomic E-state index is 0.0583. The maximum absolute atomic E-state index is 13.5. The number of methoxy groups -OCH3 is 1. The lowest BCUT2D eigenvalue weighted by molar-refractivity contribution is -0.135. The molecule has 7 rings (SSSR count). The van der Waals surface area contributed by atoms with Gasteiger partial charge in [0.1, 0.15) is 41.8 Å². The highest BCUT2D eigenvalue weighted by Crippen LogP contribution is 2.52. The minimum Gasteiger partial charge on any atom is -0.453 e. The second-order valence-corrected chi connectivity index (χ2v) is 15.2. The highest BCUT2D eigenvalue weighted by atomic mass is 16.6. The first kappa shape index (κ1) is 37.9. The summed E-state index contributed by atoms with van der Waals surface area (Å²) in [5, 5.41) is 6.14. The van der Waals surface area contributed by atoms with E-state index in [0.29, 0.717) is 24.7 Å². The van der Waals surface area contributed by atoms with E-state index in [1.165, 1.54) is 7.11 Å². The number of amides is 3. The van der Waals surface area contributed by atoms with Crippen LogP contribution >= 0.6 is 0 Å². The maximum Gasteiger partial charge on any atom is 0.407 e. The summed E-state index contributed by atoms with van der Waals surface area (Å²) in [6.45, 7) is 11.0. The summed E-state index contributed by atoms with van der Waals surface area (Å²) in [5.41, 5.74) is 4.76. The average molecular weight is 753 g/mol. The van der Waals surface area contributed by atoms with Crippen molar-refractivity contribution in [3.63, 3.8) is 0 Å². The first-order valence-corrected chi connectivity index (χ1v) is 19.3. The number of hydrogen-bond acceptors (Lipinski definition) is 9. The highest BCUT2D eigenvalue weighted by molar-refractivity contribution is 5.86. The lowest BCUT2D eigenvalue weighted by Gasteiger charge is -2.29. The van der Waals surface area contributed by atoms with Gasteiger partial charge in [-0.15, -0.1) is 0 Å². The van der Waals surface area contributed by atoms with E-state index in [1.54, 1.807) is 17.3 Å². The second-order valence-electron chi connectivity index (χ2n) is 15.2. The van der Waals surface area contributed by atoms with Gasteiger partial charge >= 0.3 is 6.09 Å². The molecule has 4 aromatic rings. The third kappa shape index (κ3) is 7.88. The Labute approximate surface area is 321 Å². The molecule has 0 saturated carbocycles. The number of rotatable bonds is 13. The summed E-state index contributed by atoms with van der Waals surface area (Å²) in [6, 6.07) is 8.87. The van der Waals surface area contributed by atoms with Crippen molar-refractivity contribution in [1.82, 2.24) is 40.0 Å². The van der Waals surface area contributed by atoms with Crippen molar-refractivity contribution in [2.45, 2.75) is 96.7 Å². The Kier molecular flexibility index (Phi) is 11.1. The molecule has 0 radical (unpaired) electrons. The number of hydrogen-bond donors (Lipinski definition) is 5. The van der Waals surface area contributed by atoms with Crippen molar-refractivity contribution >= 4 is 35.6 Å². The highest BCUT2D eigenvalue weighted by Gasteiger charge is 2.44. The molecule has 6 atom stereocenters. The van der Waals surface area contributed by atoms with Gasteiger partial charge in [-0.1, -0.05) is 52.0 Å². The van der Waals surface area contributed by atoms with Crippen molar-refractivity contribution in [1.29, 1.82) is 0 Å². The number of carbonyl (C=O) groups is 3. The van der Waals surface area contributed by atoms with Crippen LogP contribution in [-0.4, -0.2) is 91.1 Å². The molecule has 55 heavy (non-hydrogen) atoms. The van der Waals surface area contributed by atoms with Crippen LogP contribution in [0.1, 0.15) is 107 Å². The van der Waals surface area contributed by atoms with Gasteiger partial charge in [-0.25, -0.2) is 14.8 Å². The number of likely N-dealkylation sites (tertiary alicyclic amines) is 2. The first-order chi connectivity index (χ1) is 26.6. The van der Waals surface area contributed by atoms with Gasteiger partial charge in [0, 0.05) is 19.3 Å². The summed E-state index contributed by atoms with van der Waals surface area (Å²) in [7, 11) is 1.29. The van der Waals surface area contributed by atoms with Crippen LogP contribution in [0.3, 0.4) is 0 Å². The Balaban J connectivity index is 0.975. The van der Waals surface area contributed by atoms with Gasteiger partial charge in [-0.2, -0.15) is 0 Å². The van der Waals surface area contributed by atoms with Gasteiger partial charge in [0.25, 0.3) is 0 Å². The van der Waals surface area contributed by atoms with Crippen LogP contribution in [0.4, 0.5) is 16.3 Å². The minimum atomic E-state index is -0.695. The van der Waals surface area contributed by atoms with Crippen molar-refractivity contribution in [3.8, 4) is 11.3 Å². The third-order valence-electron chi connectivity index (χ3n) is 10.9. The number of aromatic amines is 3. The number of aromatic nitrogens is 5. The van der Waals surface area contributed by atoms with Crippen LogP contribution in [0.15, 0.2) is 53.9 Å². The van der Waals surface area contributed by atoms with Gasteiger partial charge in [0.05, 0.1) is 48.7 Å². The maximum atomic E-state index is 13.5. The van der Waals surface area contributed by atoms with Crippen LogP contribution in [0.25, 0.3) is 11.3 Å². The van der Waals surface area contributed by atoms with E-state index in [4.69, 9.17) is 14.5 Å². The van der Waals surface area contributed by atoms with Crippen molar-refractivity contribution in [2.24, 2.45) is 16.8 Å². The second kappa shape index (κ2) is 16.1. The molecule has 5 N–H and O–H groups in total. The zero-order valence-electron chi connectivity index (χ0n) is 32.3. The fourth-order valence-corrected chi connectivity index (χ4v) is 7.89. The summed E-state index contributed by atoms with van der Waals surface area (Å²) in [5.74, 6) is 2.10. The van der Waals surface area contributed by atoms with E-state index >= 15 is 0 Å². The largest absolute Gasteiger partial charge is 0.453 e. The number of alkyl carbamates (subject to hydrolysis) is 1. The first-order valence-electron chi connectivity index (χ1n) is 19.3. The molecule has 3 saturated heterocycles. The molecule has 0 bridgehead atoms. The number of aliphatic imine (C=N–C) groups is 1. The molecule has 15 nitrogen and oxygen atoms in total. The van der Waals surface area contributed by atoms with E-state index in [-0.39, 0.29) is 54.0 Å². The molecular weight excluding hydrogens is 701 g/mol. The van der Waals surface area contributed by atoms with Gasteiger partial charge in [-0.05, 0) is 67.9 Å². The number of nitrogens with zero attached hydrogens (tertiary/aromatic N) is 5. The third-order valence-corrected chi connectivity index (χ3v) is 10.9. The predicted molar refractivity (Wildman–Crippen MR) is 208 cm³/mol. The topological polar surface area (TPSA) is 189 Å². The van der Waals surface area contributed by atoms with Crippen LogP contribution in [0, 0.1) is 11.8 Å². The molecule has 3 fully saturated rings. The van der Waals surface area contributed by atoms with Crippen LogP contribution in [0.5, 0.6) is 0 Å². The molecule has 3 aliphatic rings. The number of carbonyl (C=O) groups excluding carboxylic acids is 3. The van der Waals surface area contributed by atoms with E-state index in [0.717, 1.165) is 59.7 Å². The molecule has 15 heteroatoms. The van der Waals surface area contributed by atoms with E-state index < -0.39 is 12.1 Å². The Morgan fingerprint density at radius 1 is 0.909 bits per heavy atom. The molecule has 3 amide bonds. The number of H-pyrrole nitrogens is 3. The fourth-order valence-electron chi connectivity index (χ4n) is 7.89. The number of ether oxygens (including phenoxy) is 2. The van der Waals surface area contributed by atoms with E-state index in [9.17, 15) is 14.4 Å². The smallest absolute Gasteiger partial charge is 0.407 e. The number of nitrogens with one attached hydrogen (secondary N) is 5. The Hall–Kier alpha value is -5.44. The summed E-state index contributed by atoms with van der Waals surface area (Å²) < 4.78 is 10.9. The zero-order chi connectivity index (χ0) is 38.8. The van der Waals surface area contributed by atoms with Crippen LogP contribution < -0.4 is 10.6 Å². The van der Waals surface area contributed by atoms with Gasteiger partial charge in [0.2, 0.25) is 11.8 Å². The average Bonchev–Trinajstić information content (AvgIpc) is 3.86. The summed E-state index contributed by atoms with van der Waals surface area (Å²) >= 11 is 0. The normalized spacial score (nSPS) is 22.1. The number of anilines is 2. The predicted octanol–water partition coefficient (Wildman–Crippen LogP) is 6.51. The SMILES string of the molecule is CC=NC(C(=O)N1CCCC1c1ncc(-c2ccc(C3OC3c3[nH]ccc3Nc3cnc(C4CCCN4C(=O)C(NC(=O)OC)C(C)C)[nH]3)cc2)[nH]1)C(C)C. The monoisotopic (exact) mass is 752 g/mol. The van der Waals surface area contributed by atoms with Crippen molar-refractivity contribution in [2.75, 3.05) is 25.5 Å². The number of imidazole rings is 2. The Morgan fingerprint density at radius 3 is 2.24 bits per heavy atom. The van der Waals surface area contributed by atoms with E-state index in [1.807, 2.05) is 58.0 Å². The van der Waals surface area contributed by atoms with Gasteiger partial charge in [0.15, 0.2) is 0 Å². The fraction of sp³-hybridized carbons (Fsp3) is 0.500. The zero-order valence-corrected chi connectivity index (χ0v) is 32.3. The molecule has 3 aromatic heterocycles. The lowest BCUT2D eigenvalue weighted by Crippen LogP contribution is -2.51. The van der Waals surface area contributed by atoms with Crippen molar-refractivity contribution < 1.29 is 23.9 Å². The Morgan fingerprint density at radius 2 is 1.58 bits per heavy atom. The molecule has 6 heterocycles. The molecule has 6 unspecified atom stereocenters. The van der Waals surface area contributed by atoms with Crippen LogP contribution in [-0.2, 0) is 19.1 Å². The van der Waals surface area contributed by atoms with Gasteiger partial charge < -0.3 is 44.9 Å².